The van der Waals surface area contributed by atoms with E-state index in [9.17, 15) is 4.79 Å². The molecule has 0 atom stereocenters. The highest BCUT2D eigenvalue weighted by Crippen LogP contribution is 2.18. The van der Waals surface area contributed by atoms with Crippen molar-refractivity contribution in [3.8, 4) is 0 Å². The maximum atomic E-state index is 12.7. The van der Waals surface area contributed by atoms with E-state index in [1.807, 2.05) is 36.4 Å². The molecule has 4 rings (SSSR count). The van der Waals surface area contributed by atoms with Gasteiger partial charge in [-0.05, 0) is 29.8 Å². The number of aromatic amines is 1. The van der Waals surface area contributed by atoms with Gasteiger partial charge in [0.1, 0.15) is 5.82 Å². The fourth-order valence-corrected chi connectivity index (χ4v) is 3.37. The Kier molecular flexibility index (Phi) is 5.51. The maximum absolute atomic E-state index is 12.7. The van der Waals surface area contributed by atoms with Crippen molar-refractivity contribution in [2.75, 3.05) is 13.6 Å². The first-order chi connectivity index (χ1) is 14.0. The number of carbonyl (C=O) groups excluding carboxylic acids is 1. The summed E-state index contributed by atoms with van der Waals surface area (Å²) in [5.41, 5.74) is 2.93. The summed E-state index contributed by atoms with van der Waals surface area (Å²) in [7, 11) is 1.73. The number of hydrogen-bond donors (Lipinski definition) is 1. The largest absolute Gasteiger partial charge is 0.342 e. The molecule has 0 unspecified atom stereocenters. The van der Waals surface area contributed by atoms with E-state index in [1.165, 1.54) is 0 Å². The lowest BCUT2D eigenvalue weighted by Crippen LogP contribution is -2.29. The number of rotatable bonds is 6. The minimum atomic E-state index is -0.199. The van der Waals surface area contributed by atoms with E-state index in [2.05, 4.69) is 20.3 Å². The Bertz CT molecular complexity index is 1170. The highest BCUT2D eigenvalue weighted by Gasteiger charge is 2.17. The smallest absolute Gasteiger partial charge is 0.275 e. The molecule has 2 heterocycles. The molecule has 0 bridgehead atoms. The van der Waals surface area contributed by atoms with Gasteiger partial charge in [0.2, 0.25) is 0 Å². The Morgan fingerprint density at radius 2 is 2.03 bits per heavy atom. The number of benzene rings is 2. The van der Waals surface area contributed by atoms with Gasteiger partial charge in [0.25, 0.3) is 5.91 Å². The molecular formula is C20H18Cl2N6O. The molecule has 1 N–H and O–H groups in total. The predicted octanol–water partition coefficient (Wildman–Crippen LogP) is 3.82. The quantitative estimate of drug-likeness (QED) is 0.505. The second kappa shape index (κ2) is 8.23. The fraction of sp³-hybridized carbons (Fsp3) is 0.200. The maximum Gasteiger partial charge on any atom is 0.275 e. The third-order valence-electron chi connectivity index (χ3n) is 4.57. The lowest BCUT2D eigenvalue weighted by atomic mass is 10.2. The van der Waals surface area contributed by atoms with Gasteiger partial charge in [0.05, 0.1) is 23.8 Å². The molecule has 0 aliphatic carbocycles. The zero-order valence-corrected chi connectivity index (χ0v) is 17.2. The van der Waals surface area contributed by atoms with Crippen LogP contribution >= 0.6 is 23.2 Å². The van der Waals surface area contributed by atoms with Crippen LogP contribution < -0.4 is 0 Å². The van der Waals surface area contributed by atoms with Crippen molar-refractivity contribution in [1.82, 2.24) is 29.9 Å². The summed E-state index contributed by atoms with van der Waals surface area (Å²) in [5.74, 6) is 0.596. The first-order valence-corrected chi connectivity index (χ1v) is 9.78. The van der Waals surface area contributed by atoms with Gasteiger partial charge in [0.15, 0.2) is 5.69 Å². The third kappa shape index (κ3) is 4.41. The molecule has 0 fully saturated rings. The molecule has 7 nitrogen and oxygen atoms in total. The Morgan fingerprint density at radius 1 is 1.21 bits per heavy atom. The van der Waals surface area contributed by atoms with E-state index in [1.54, 1.807) is 28.9 Å². The SMILES string of the molecule is CN(CCc1nc2ccc(Cl)cc2[nH]1)C(=O)c1cn(Cc2ccccc2Cl)nn1. The van der Waals surface area contributed by atoms with Gasteiger partial charge < -0.3 is 9.88 Å². The van der Waals surface area contributed by atoms with Crippen LogP contribution in [-0.2, 0) is 13.0 Å². The van der Waals surface area contributed by atoms with Gasteiger partial charge in [-0.1, -0.05) is 46.6 Å². The highest BCUT2D eigenvalue weighted by molar-refractivity contribution is 6.31. The van der Waals surface area contributed by atoms with Gasteiger partial charge in [-0.15, -0.1) is 5.10 Å². The standard InChI is InChI=1S/C20H18Cl2N6O/c1-27(9-8-19-23-16-7-6-14(21)10-17(16)24-19)20(29)18-12-28(26-25-18)11-13-4-2-3-5-15(13)22/h2-7,10,12H,8-9,11H2,1H3,(H,23,24). The van der Waals surface area contributed by atoms with Crippen LogP contribution in [-0.4, -0.2) is 49.4 Å². The van der Waals surface area contributed by atoms with E-state index in [4.69, 9.17) is 23.2 Å². The minimum absolute atomic E-state index is 0.199. The number of nitrogens with one attached hydrogen (secondary N) is 1. The molecule has 2 aromatic carbocycles. The fourth-order valence-electron chi connectivity index (χ4n) is 3.00. The zero-order valence-electron chi connectivity index (χ0n) is 15.6. The molecular weight excluding hydrogens is 411 g/mol. The molecule has 9 heteroatoms. The molecule has 0 radical (unpaired) electrons. The zero-order chi connectivity index (χ0) is 20.4. The topological polar surface area (TPSA) is 79.7 Å². The van der Waals surface area contributed by atoms with Gasteiger partial charge in [-0.25, -0.2) is 9.67 Å². The third-order valence-corrected chi connectivity index (χ3v) is 5.18. The van der Waals surface area contributed by atoms with E-state index >= 15 is 0 Å². The van der Waals surface area contributed by atoms with E-state index < -0.39 is 0 Å². The van der Waals surface area contributed by atoms with Gasteiger partial charge in [0, 0.05) is 30.1 Å². The average molecular weight is 429 g/mol. The lowest BCUT2D eigenvalue weighted by molar-refractivity contribution is 0.0790. The predicted molar refractivity (Wildman–Crippen MR) is 112 cm³/mol. The molecule has 29 heavy (non-hydrogen) atoms. The Morgan fingerprint density at radius 3 is 2.86 bits per heavy atom. The molecule has 0 spiro atoms. The summed E-state index contributed by atoms with van der Waals surface area (Å²) >= 11 is 12.2. The summed E-state index contributed by atoms with van der Waals surface area (Å²) in [4.78, 5) is 22.0. The number of aromatic nitrogens is 5. The van der Waals surface area contributed by atoms with Gasteiger partial charge in [-0.3, -0.25) is 4.79 Å². The number of H-pyrrole nitrogens is 1. The van der Waals surface area contributed by atoms with Gasteiger partial charge in [-0.2, -0.15) is 0 Å². The molecule has 0 saturated heterocycles. The van der Waals surface area contributed by atoms with Crippen LogP contribution in [0.5, 0.6) is 0 Å². The van der Waals surface area contributed by atoms with Crippen molar-refractivity contribution >= 4 is 40.1 Å². The number of nitrogens with zero attached hydrogens (tertiary/aromatic N) is 5. The number of amides is 1. The van der Waals surface area contributed by atoms with E-state index in [-0.39, 0.29) is 11.6 Å². The summed E-state index contributed by atoms with van der Waals surface area (Å²) in [5, 5.41) is 9.35. The monoisotopic (exact) mass is 428 g/mol. The summed E-state index contributed by atoms with van der Waals surface area (Å²) in [6.07, 6.45) is 2.22. The molecule has 0 saturated carbocycles. The summed E-state index contributed by atoms with van der Waals surface area (Å²) in [6, 6.07) is 13.0. The van der Waals surface area contributed by atoms with Crippen molar-refractivity contribution in [2.24, 2.45) is 0 Å². The molecule has 2 aromatic heterocycles. The number of hydrogen-bond acceptors (Lipinski definition) is 4. The number of halogens is 2. The van der Waals surface area contributed by atoms with Crippen LogP contribution in [0.2, 0.25) is 10.0 Å². The molecule has 1 amide bonds. The lowest BCUT2D eigenvalue weighted by Gasteiger charge is -2.14. The summed E-state index contributed by atoms with van der Waals surface area (Å²) < 4.78 is 1.60. The number of imidazole rings is 1. The Labute approximate surface area is 177 Å². The van der Waals surface area contributed by atoms with Crippen molar-refractivity contribution in [1.29, 1.82) is 0 Å². The number of carbonyl (C=O) groups is 1. The Balaban J connectivity index is 1.38. The van der Waals surface area contributed by atoms with Crippen molar-refractivity contribution in [3.63, 3.8) is 0 Å². The van der Waals surface area contributed by atoms with Crippen LogP contribution in [0.4, 0.5) is 0 Å². The molecule has 4 aromatic rings. The van der Waals surface area contributed by atoms with Crippen molar-refractivity contribution in [3.05, 3.63) is 75.8 Å². The van der Waals surface area contributed by atoms with Crippen LogP contribution in [0.3, 0.4) is 0 Å². The molecule has 148 valence electrons. The van der Waals surface area contributed by atoms with E-state index in [0.717, 1.165) is 22.4 Å². The Hall–Kier alpha value is -2.90. The van der Waals surface area contributed by atoms with E-state index in [0.29, 0.717) is 29.6 Å². The first kappa shape index (κ1) is 19.4. The van der Waals surface area contributed by atoms with Crippen LogP contribution in [0, 0.1) is 0 Å². The van der Waals surface area contributed by atoms with Crippen LogP contribution in [0.1, 0.15) is 21.9 Å². The normalized spacial score (nSPS) is 11.1. The summed E-state index contributed by atoms with van der Waals surface area (Å²) in [6.45, 7) is 0.939. The molecule has 0 aliphatic heterocycles. The second-order valence-corrected chi connectivity index (χ2v) is 7.56. The van der Waals surface area contributed by atoms with Gasteiger partial charge >= 0.3 is 0 Å². The van der Waals surface area contributed by atoms with Crippen LogP contribution in [0.25, 0.3) is 11.0 Å². The highest BCUT2D eigenvalue weighted by atomic mass is 35.5. The average Bonchev–Trinajstić information content (AvgIpc) is 3.33. The molecule has 0 aliphatic rings. The first-order valence-electron chi connectivity index (χ1n) is 9.03. The number of likely N-dealkylation sites (N-methyl/N-ethyl adjacent to an activating group) is 1. The second-order valence-electron chi connectivity index (χ2n) is 6.71. The number of fused-ring (bicyclic) bond motifs is 1. The van der Waals surface area contributed by atoms with Crippen molar-refractivity contribution in [2.45, 2.75) is 13.0 Å². The van der Waals surface area contributed by atoms with Crippen LogP contribution in [0.15, 0.2) is 48.7 Å². The van der Waals surface area contributed by atoms with Crippen molar-refractivity contribution < 1.29 is 4.79 Å². The minimum Gasteiger partial charge on any atom is -0.342 e.